The number of rotatable bonds is 5. The predicted octanol–water partition coefficient (Wildman–Crippen LogP) is 1.94. The third-order valence-electron chi connectivity index (χ3n) is 2.26. The van der Waals surface area contributed by atoms with E-state index < -0.39 is 17.0 Å². The Bertz CT molecular complexity index is 504. The number of aliphatic hydroxyl groups excluding tert-OH is 1. The van der Waals surface area contributed by atoms with E-state index in [-0.39, 0.29) is 23.5 Å². The molecule has 1 aromatic rings. The number of hydrogen-bond donors (Lipinski definition) is 2. The molecule has 0 aromatic heterocycles. The molecule has 1 aromatic carbocycles. The summed E-state index contributed by atoms with van der Waals surface area (Å²) in [6, 6.07) is 2.55. The van der Waals surface area contributed by atoms with E-state index in [2.05, 4.69) is 26.0 Å². The summed E-state index contributed by atoms with van der Waals surface area (Å²) in [5.74, 6) is -0.661. The van der Waals surface area contributed by atoms with Gasteiger partial charge in [-0.1, -0.05) is 0 Å². The van der Waals surface area contributed by atoms with Gasteiger partial charge in [-0.3, -0.25) is 10.1 Å². The summed E-state index contributed by atoms with van der Waals surface area (Å²) >= 11 is 3.16. The van der Waals surface area contributed by atoms with Crippen LogP contribution in [-0.4, -0.2) is 35.8 Å². The van der Waals surface area contributed by atoms with Crippen molar-refractivity contribution in [2.75, 3.05) is 19.0 Å². The number of esters is 1. The molecule has 0 saturated carbocycles. The maximum Gasteiger partial charge on any atom is 0.338 e. The first kappa shape index (κ1) is 15.4. The summed E-state index contributed by atoms with van der Waals surface area (Å²) in [5, 5.41) is 23.0. The van der Waals surface area contributed by atoms with Crippen molar-refractivity contribution in [3.63, 3.8) is 0 Å². The molecule has 0 fully saturated rings. The summed E-state index contributed by atoms with van der Waals surface area (Å²) in [7, 11) is 1.20. The number of methoxy groups -OCH3 is 1. The largest absolute Gasteiger partial charge is 0.465 e. The molecule has 0 aliphatic heterocycles. The molecule has 0 bridgehead atoms. The van der Waals surface area contributed by atoms with Crippen molar-refractivity contribution in [2.45, 2.75) is 13.0 Å². The van der Waals surface area contributed by atoms with E-state index in [4.69, 9.17) is 0 Å². The fourth-order valence-corrected chi connectivity index (χ4v) is 1.99. The van der Waals surface area contributed by atoms with Crippen LogP contribution in [0.4, 0.5) is 11.4 Å². The Balaban J connectivity index is 3.23. The van der Waals surface area contributed by atoms with Crippen LogP contribution >= 0.6 is 15.9 Å². The fourth-order valence-electron chi connectivity index (χ4n) is 1.40. The van der Waals surface area contributed by atoms with Gasteiger partial charge in [-0.05, 0) is 28.9 Å². The predicted molar refractivity (Wildman–Crippen MR) is 72.3 cm³/mol. The van der Waals surface area contributed by atoms with Crippen molar-refractivity contribution < 1.29 is 19.6 Å². The SMILES string of the molecule is COC(=O)c1cc(Br)c(NC[C@@H](C)O)c([N+](=O)[O-])c1. The third-order valence-corrected chi connectivity index (χ3v) is 2.89. The molecule has 104 valence electrons. The van der Waals surface area contributed by atoms with Crippen molar-refractivity contribution in [1.29, 1.82) is 0 Å². The smallest absolute Gasteiger partial charge is 0.338 e. The zero-order valence-electron chi connectivity index (χ0n) is 10.3. The number of aliphatic hydroxyl groups is 1. The van der Waals surface area contributed by atoms with Crippen LogP contribution in [0.2, 0.25) is 0 Å². The molecular weight excluding hydrogens is 320 g/mol. The van der Waals surface area contributed by atoms with E-state index in [9.17, 15) is 20.0 Å². The Hall–Kier alpha value is -1.67. The second-order valence-electron chi connectivity index (χ2n) is 3.83. The molecule has 7 nitrogen and oxygen atoms in total. The first-order valence-electron chi connectivity index (χ1n) is 5.35. The number of nitro benzene ring substituents is 1. The first-order chi connectivity index (χ1) is 8.86. The van der Waals surface area contributed by atoms with E-state index in [0.29, 0.717) is 4.47 Å². The van der Waals surface area contributed by atoms with Crippen LogP contribution in [0.15, 0.2) is 16.6 Å². The Morgan fingerprint density at radius 2 is 2.26 bits per heavy atom. The number of halogens is 1. The van der Waals surface area contributed by atoms with Gasteiger partial charge in [0, 0.05) is 17.1 Å². The van der Waals surface area contributed by atoms with E-state index in [0.717, 1.165) is 6.07 Å². The molecule has 19 heavy (non-hydrogen) atoms. The number of ether oxygens (including phenoxy) is 1. The maximum absolute atomic E-state index is 11.4. The van der Waals surface area contributed by atoms with Crippen LogP contribution in [-0.2, 0) is 4.74 Å². The lowest BCUT2D eigenvalue weighted by Crippen LogP contribution is -2.16. The van der Waals surface area contributed by atoms with Crippen LogP contribution in [0.1, 0.15) is 17.3 Å². The van der Waals surface area contributed by atoms with E-state index in [1.165, 1.54) is 13.2 Å². The molecule has 0 amide bonds. The van der Waals surface area contributed by atoms with Gasteiger partial charge < -0.3 is 15.2 Å². The van der Waals surface area contributed by atoms with Gasteiger partial charge in [0.25, 0.3) is 5.69 Å². The Morgan fingerprint density at radius 1 is 1.63 bits per heavy atom. The molecule has 0 unspecified atom stereocenters. The van der Waals surface area contributed by atoms with Crippen LogP contribution in [0.25, 0.3) is 0 Å². The minimum Gasteiger partial charge on any atom is -0.465 e. The number of benzene rings is 1. The molecular formula is C11H13BrN2O5. The number of nitrogens with zero attached hydrogens (tertiary/aromatic N) is 1. The van der Waals surface area contributed by atoms with Crippen molar-refractivity contribution in [1.82, 2.24) is 0 Å². The highest BCUT2D eigenvalue weighted by Crippen LogP contribution is 2.34. The van der Waals surface area contributed by atoms with Crippen LogP contribution < -0.4 is 5.32 Å². The minimum absolute atomic E-state index is 0.0728. The highest BCUT2D eigenvalue weighted by atomic mass is 79.9. The van der Waals surface area contributed by atoms with Gasteiger partial charge in [0.2, 0.25) is 0 Å². The molecule has 8 heteroatoms. The summed E-state index contributed by atoms with van der Waals surface area (Å²) < 4.78 is 4.87. The molecule has 0 aliphatic carbocycles. The molecule has 0 spiro atoms. The number of nitrogens with one attached hydrogen (secondary N) is 1. The highest BCUT2D eigenvalue weighted by molar-refractivity contribution is 9.10. The second kappa shape index (κ2) is 6.48. The topological polar surface area (TPSA) is 102 Å². The molecule has 1 atom stereocenters. The monoisotopic (exact) mass is 332 g/mol. The van der Waals surface area contributed by atoms with Gasteiger partial charge in [0.05, 0.1) is 23.7 Å². The summed E-state index contributed by atoms with van der Waals surface area (Å²) in [5.41, 5.74) is 0.0117. The molecule has 0 saturated heterocycles. The van der Waals surface area contributed by atoms with Crippen molar-refractivity contribution in [3.05, 3.63) is 32.3 Å². The molecule has 2 N–H and O–H groups in total. The van der Waals surface area contributed by atoms with Gasteiger partial charge in [-0.2, -0.15) is 0 Å². The first-order valence-corrected chi connectivity index (χ1v) is 6.14. The average Bonchev–Trinajstić information content (AvgIpc) is 2.35. The lowest BCUT2D eigenvalue weighted by Gasteiger charge is -2.11. The van der Waals surface area contributed by atoms with Crippen LogP contribution in [0, 0.1) is 10.1 Å². The average molecular weight is 333 g/mol. The Labute approximate surface area is 117 Å². The van der Waals surface area contributed by atoms with Crippen LogP contribution in [0.5, 0.6) is 0 Å². The quantitative estimate of drug-likeness (QED) is 0.485. The van der Waals surface area contributed by atoms with E-state index >= 15 is 0 Å². The standard InChI is InChI=1S/C11H13BrN2O5/c1-6(15)5-13-10-8(12)3-7(11(16)19-2)4-9(10)14(17)18/h3-4,6,13,15H,5H2,1-2H3/t6-/m1/s1. The second-order valence-corrected chi connectivity index (χ2v) is 4.69. The maximum atomic E-state index is 11.4. The normalized spacial score (nSPS) is 11.8. The summed E-state index contributed by atoms with van der Waals surface area (Å²) in [4.78, 5) is 21.8. The Kier molecular flexibility index (Phi) is 5.25. The highest BCUT2D eigenvalue weighted by Gasteiger charge is 2.21. The molecule has 0 radical (unpaired) electrons. The summed E-state index contributed by atoms with van der Waals surface area (Å²) in [6.45, 7) is 1.70. The number of nitro groups is 1. The number of carbonyl (C=O) groups excluding carboxylic acids is 1. The van der Waals surface area contributed by atoms with Gasteiger partial charge in [-0.25, -0.2) is 4.79 Å². The number of carbonyl (C=O) groups is 1. The molecule has 0 aliphatic rings. The minimum atomic E-state index is -0.661. The molecule has 1 rings (SSSR count). The van der Waals surface area contributed by atoms with Crippen molar-refractivity contribution in [3.8, 4) is 0 Å². The lowest BCUT2D eigenvalue weighted by atomic mass is 10.1. The zero-order valence-corrected chi connectivity index (χ0v) is 11.9. The van der Waals surface area contributed by atoms with Crippen molar-refractivity contribution in [2.24, 2.45) is 0 Å². The summed E-state index contributed by atoms with van der Waals surface area (Å²) in [6.07, 6.45) is -0.660. The van der Waals surface area contributed by atoms with E-state index in [1.807, 2.05) is 0 Å². The van der Waals surface area contributed by atoms with Gasteiger partial charge in [0.15, 0.2) is 0 Å². The van der Waals surface area contributed by atoms with Gasteiger partial charge in [0.1, 0.15) is 5.69 Å². The van der Waals surface area contributed by atoms with E-state index in [1.54, 1.807) is 6.92 Å². The van der Waals surface area contributed by atoms with Gasteiger partial charge in [-0.15, -0.1) is 0 Å². The van der Waals surface area contributed by atoms with Crippen LogP contribution in [0.3, 0.4) is 0 Å². The number of hydrogen-bond acceptors (Lipinski definition) is 6. The van der Waals surface area contributed by atoms with Gasteiger partial charge >= 0.3 is 5.97 Å². The Morgan fingerprint density at radius 3 is 2.74 bits per heavy atom. The fraction of sp³-hybridized carbons (Fsp3) is 0.364. The number of anilines is 1. The van der Waals surface area contributed by atoms with Crippen molar-refractivity contribution >= 4 is 33.3 Å². The lowest BCUT2D eigenvalue weighted by molar-refractivity contribution is -0.384. The molecule has 0 heterocycles. The zero-order chi connectivity index (χ0) is 14.6. The third kappa shape index (κ3) is 3.90.